The monoisotopic (exact) mass is 496 g/mol. The summed E-state index contributed by atoms with van der Waals surface area (Å²) in [4.78, 5) is 12.0. The molecular weight excluding hydrogens is 456 g/mol. The Hall–Kier alpha value is -1.33. The fourth-order valence-electron chi connectivity index (χ4n) is 6.86. The zero-order valence-electron chi connectivity index (χ0n) is 20.6. The maximum atomic E-state index is 12.0. The standard InChI is InChI=1S/C26H40O9/c1-15-6-10-26(14-28)17(13-34-24-22(31)21(30)20(29)18(12-27)35-24)4-3-5-19(26)25(15,2)9-7-16-8-11-33-23(16)32/h4,8,15,18-22,24,27-31H,3,5-7,9-14H2,1-2H3. The Morgan fingerprint density at radius 1 is 1.11 bits per heavy atom. The zero-order chi connectivity index (χ0) is 25.4. The van der Waals surface area contributed by atoms with Crippen molar-refractivity contribution in [2.75, 3.05) is 26.4 Å². The largest absolute Gasteiger partial charge is 0.458 e. The van der Waals surface area contributed by atoms with Crippen molar-refractivity contribution >= 4 is 5.97 Å². The summed E-state index contributed by atoms with van der Waals surface area (Å²) in [7, 11) is 0. The molecule has 2 aliphatic carbocycles. The van der Waals surface area contributed by atoms with E-state index < -0.39 is 42.7 Å². The Balaban J connectivity index is 1.51. The number of aliphatic hydroxyl groups excluding tert-OH is 5. The highest BCUT2D eigenvalue weighted by atomic mass is 16.7. The van der Waals surface area contributed by atoms with Crippen molar-refractivity contribution in [1.29, 1.82) is 0 Å². The van der Waals surface area contributed by atoms with E-state index in [1.807, 2.05) is 6.08 Å². The number of esters is 1. The molecule has 2 heterocycles. The third-order valence-electron chi connectivity index (χ3n) is 9.37. The molecule has 5 N–H and O–H groups in total. The van der Waals surface area contributed by atoms with Crippen LogP contribution in [0.1, 0.15) is 52.4 Å². The zero-order valence-corrected chi connectivity index (χ0v) is 20.6. The Labute approximate surface area is 206 Å². The fraction of sp³-hybridized carbons (Fsp3) is 0.808. The summed E-state index contributed by atoms with van der Waals surface area (Å²) < 4.78 is 16.5. The van der Waals surface area contributed by atoms with Crippen LogP contribution in [0.4, 0.5) is 0 Å². The highest BCUT2D eigenvalue weighted by molar-refractivity contribution is 5.90. The molecule has 0 amide bonds. The first-order valence-electron chi connectivity index (χ1n) is 12.8. The second-order valence-electron chi connectivity index (χ2n) is 11.0. The molecule has 2 fully saturated rings. The van der Waals surface area contributed by atoms with Crippen molar-refractivity contribution in [3.05, 3.63) is 23.3 Å². The molecule has 35 heavy (non-hydrogen) atoms. The number of carbonyl (C=O) groups is 1. The predicted octanol–water partition coefficient (Wildman–Crippen LogP) is 0.818. The molecule has 9 unspecified atom stereocenters. The average Bonchev–Trinajstić information content (AvgIpc) is 3.28. The molecule has 0 aromatic heterocycles. The minimum atomic E-state index is -1.50. The first kappa shape index (κ1) is 26.7. The lowest BCUT2D eigenvalue weighted by molar-refractivity contribution is -0.300. The van der Waals surface area contributed by atoms with Crippen LogP contribution in [-0.4, -0.2) is 88.6 Å². The summed E-state index contributed by atoms with van der Waals surface area (Å²) in [5.74, 6) is 0.360. The molecule has 9 heteroatoms. The Bertz CT molecular complexity index is 839. The first-order chi connectivity index (χ1) is 16.7. The van der Waals surface area contributed by atoms with Gasteiger partial charge in [-0.3, -0.25) is 0 Å². The van der Waals surface area contributed by atoms with Gasteiger partial charge in [-0.2, -0.15) is 0 Å². The molecule has 9 atom stereocenters. The molecule has 0 bridgehead atoms. The quantitative estimate of drug-likeness (QED) is 0.243. The van der Waals surface area contributed by atoms with Crippen molar-refractivity contribution in [3.8, 4) is 0 Å². The van der Waals surface area contributed by atoms with Crippen molar-refractivity contribution < 1.29 is 44.5 Å². The van der Waals surface area contributed by atoms with Gasteiger partial charge in [-0.15, -0.1) is 0 Å². The topological polar surface area (TPSA) is 146 Å². The van der Waals surface area contributed by atoms with E-state index in [4.69, 9.17) is 14.2 Å². The lowest BCUT2D eigenvalue weighted by Crippen LogP contribution is -2.59. The van der Waals surface area contributed by atoms with Crippen LogP contribution in [0.5, 0.6) is 0 Å². The number of aliphatic hydroxyl groups is 5. The molecule has 0 radical (unpaired) electrons. The smallest absolute Gasteiger partial charge is 0.334 e. The molecule has 1 saturated heterocycles. The van der Waals surface area contributed by atoms with Crippen LogP contribution in [0.2, 0.25) is 0 Å². The second-order valence-corrected chi connectivity index (χ2v) is 11.0. The number of allylic oxidation sites excluding steroid dienone is 1. The van der Waals surface area contributed by atoms with E-state index in [1.165, 1.54) is 0 Å². The van der Waals surface area contributed by atoms with Gasteiger partial charge in [-0.25, -0.2) is 4.79 Å². The van der Waals surface area contributed by atoms with Crippen LogP contribution < -0.4 is 0 Å². The predicted molar refractivity (Wildman–Crippen MR) is 125 cm³/mol. The highest BCUT2D eigenvalue weighted by Gasteiger charge is 2.56. The van der Waals surface area contributed by atoms with Crippen LogP contribution in [0.15, 0.2) is 23.3 Å². The maximum absolute atomic E-state index is 12.0. The third kappa shape index (κ3) is 4.72. The van der Waals surface area contributed by atoms with Crippen LogP contribution >= 0.6 is 0 Å². The Morgan fingerprint density at radius 3 is 2.54 bits per heavy atom. The average molecular weight is 497 g/mol. The highest BCUT2D eigenvalue weighted by Crippen LogP contribution is 2.62. The number of ether oxygens (including phenoxy) is 3. The number of fused-ring (bicyclic) bond motifs is 1. The van der Waals surface area contributed by atoms with E-state index in [1.54, 1.807) is 0 Å². The third-order valence-corrected chi connectivity index (χ3v) is 9.37. The number of rotatable bonds is 8. The van der Waals surface area contributed by atoms with Crippen LogP contribution in [-0.2, 0) is 19.0 Å². The molecule has 0 aromatic carbocycles. The number of hydrogen-bond donors (Lipinski definition) is 5. The summed E-state index contributed by atoms with van der Waals surface area (Å²) >= 11 is 0. The Morgan fingerprint density at radius 2 is 1.89 bits per heavy atom. The molecule has 0 spiro atoms. The van der Waals surface area contributed by atoms with Gasteiger partial charge < -0.3 is 39.7 Å². The van der Waals surface area contributed by atoms with Crippen molar-refractivity contribution in [2.45, 2.75) is 83.1 Å². The van der Waals surface area contributed by atoms with E-state index in [9.17, 15) is 30.3 Å². The van der Waals surface area contributed by atoms with Gasteiger partial charge in [0.1, 0.15) is 31.0 Å². The minimum absolute atomic E-state index is 0.0331. The van der Waals surface area contributed by atoms with Crippen LogP contribution in [0.3, 0.4) is 0 Å². The summed E-state index contributed by atoms with van der Waals surface area (Å²) in [6, 6.07) is 0. The van der Waals surface area contributed by atoms with Gasteiger partial charge in [-0.05, 0) is 67.4 Å². The van der Waals surface area contributed by atoms with Crippen LogP contribution in [0, 0.1) is 22.7 Å². The van der Waals surface area contributed by atoms with Gasteiger partial charge in [0.15, 0.2) is 6.29 Å². The van der Waals surface area contributed by atoms with Crippen molar-refractivity contribution in [3.63, 3.8) is 0 Å². The SMILES string of the molecule is CC1CCC2(CO)C(COC3OC(CO)C(O)C(O)C3O)=CCCC2C1(C)CCC1=CCOC1=O. The molecule has 2 aliphatic heterocycles. The first-order valence-corrected chi connectivity index (χ1v) is 12.8. The van der Waals surface area contributed by atoms with Gasteiger partial charge in [0.2, 0.25) is 0 Å². The number of hydrogen-bond acceptors (Lipinski definition) is 9. The molecule has 1 saturated carbocycles. The van der Waals surface area contributed by atoms with Gasteiger partial charge in [-0.1, -0.05) is 19.9 Å². The van der Waals surface area contributed by atoms with Crippen molar-refractivity contribution in [2.24, 2.45) is 22.7 Å². The molecule has 4 rings (SSSR count). The van der Waals surface area contributed by atoms with Gasteiger partial charge >= 0.3 is 5.97 Å². The van der Waals surface area contributed by atoms with E-state index in [0.29, 0.717) is 18.9 Å². The van der Waals surface area contributed by atoms with E-state index in [2.05, 4.69) is 19.9 Å². The Kier molecular flexibility index (Phi) is 8.07. The van der Waals surface area contributed by atoms with Gasteiger partial charge in [0.25, 0.3) is 0 Å². The summed E-state index contributed by atoms with van der Waals surface area (Å²) in [5, 5.41) is 50.7. The van der Waals surface area contributed by atoms with Crippen molar-refractivity contribution in [1.82, 2.24) is 0 Å². The lowest BCUT2D eigenvalue weighted by atomic mass is 9.46. The normalized spacial score (nSPS) is 43.9. The van der Waals surface area contributed by atoms with Gasteiger partial charge in [0.05, 0.1) is 19.8 Å². The van der Waals surface area contributed by atoms with E-state index >= 15 is 0 Å². The summed E-state index contributed by atoms with van der Waals surface area (Å²) in [5.41, 5.74) is 1.09. The second kappa shape index (κ2) is 10.6. The molecule has 0 aromatic rings. The molecular formula is C26H40O9. The van der Waals surface area contributed by atoms with Crippen LogP contribution in [0.25, 0.3) is 0 Å². The molecule has 198 valence electrons. The molecule has 4 aliphatic rings. The molecule has 9 nitrogen and oxygen atoms in total. The fourth-order valence-corrected chi connectivity index (χ4v) is 6.86. The number of cyclic esters (lactones) is 1. The minimum Gasteiger partial charge on any atom is -0.458 e. The van der Waals surface area contributed by atoms with E-state index in [-0.39, 0.29) is 30.5 Å². The number of carbonyl (C=O) groups excluding carboxylic acids is 1. The maximum Gasteiger partial charge on any atom is 0.334 e. The summed E-state index contributed by atoms with van der Waals surface area (Å²) in [6.45, 7) is 4.42. The van der Waals surface area contributed by atoms with Gasteiger partial charge in [0, 0.05) is 11.0 Å². The summed E-state index contributed by atoms with van der Waals surface area (Å²) in [6.07, 6.45) is 2.27. The van der Waals surface area contributed by atoms with E-state index in [0.717, 1.165) is 43.3 Å². The lowest BCUT2D eigenvalue weighted by Gasteiger charge is -2.59.